The summed E-state index contributed by atoms with van der Waals surface area (Å²) in [7, 11) is 0. The van der Waals surface area contributed by atoms with Gasteiger partial charge < -0.3 is 9.84 Å². The number of aliphatic hydroxyl groups excluding tert-OH is 1. The van der Waals surface area contributed by atoms with Crippen molar-refractivity contribution in [3.05, 3.63) is 29.6 Å². The van der Waals surface area contributed by atoms with Gasteiger partial charge in [-0.1, -0.05) is 0 Å². The van der Waals surface area contributed by atoms with E-state index in [-0.39, 0.29) is 12.6 Å². The van der Waals surface area contributed by atoms with Crippen LogP contribution in [0.3, 0.4) is 0 Å². The highest BCUT2D eigenvalue weighted by Gasteiger charge is 1.97. The van der Waals surface area contributed by atoms with E-state index in [1.54, 1.807) is 6.92 Å². The first-order valence-electron chi connectivity index (χ1n) is 3.24. The summed E-state index contributed by atoms with van der Waals surface area (Å²) in [6.07, 6.45) is 0. The average Bonchev–Trinajstić information content (AvgIpc) is 1.98. The third kappa shape index (κ3) is 1.91. The van der Waals surface area contributed by atoms with Gasteiger partial charge in [0, 0.05) is 0 Å². The number of hydrogen-bond acceptors (Lipinski definition) is 2. The van der Waals surface area contributed by atoms with E-state index in [9.17, 15) is 4.39 Å². The summed E-state index contributed by atoms with van der Waals surface area (Å²) in [5.74, 6) is 0.210. The van der Waals surface area contributed by atoms with Crippen LogP contribution in [0, 0.1) is 12.7 Å². The lowest BCUT2D eigenvalue weighted by atomic mass is 10.2. The Labute approximate surface area is 64.2 Å². The third-order valence-corrected chi connectivity index (χ3v) is 1.36. The minimum atomic E-state index is -0.384. The number of halogens is 1. The van der Waals surface area contributed by atoms with Crippen LogP contribution in [0.1, 0.15) is 5.56 Å². The largest absolute Gasteiger partial charge is 0.468 e. The van der Waals surface area contributed by atoms with Gasteiger partial charge in [0.05, 0.1) is 0 Å². The fraction of sp³-hybridized carbons (Fsp3) is 0.250. The van der Waals surface area contributed by atoms with Crippen LogP contribution in [0.5, 0.6) is 5.75 Å². The van der Waals surface area contributed by atoms with Crippen LogP contribution in [-0.2, 0) is 0 Å². The molecule has 0 spiro atoms. The number of hydrogen-bond donors (Lipinski definition) is 1. The van der Waals surface area contributed by atoms with Crippen molar-refractivity contribution in [2.45, 2.75) is 6.92 Å². The van der Waals surface area contributed by atoms with E-state index in [1.807, 2.05) is 0 Å². The highest BCUT2D eigenvalue weighted by Crippen LogP contribution is 2.15. The van der Waals surface area contributed by atoms with Crippen molar-refractivity contribution >= 4 is 0 Å². The summed E-state index contributed by atoms with van der Waals surface area (Å²) in [5, 5.41) is 8.36. The molecule has 60 valence electrons. The molecule has 0 aromatic heterocycles. The van der Waals surface area contributed by atoms with Crippen LogP contribution in [0.25, 0.3) is 0 Å². The Hall–Kier alpha value is -1.09. The van der Waals surface area contributed by atoms with Gasteiger partial charge in [0.15, 0.2) is 6.79 Å². The average molecular weight is 156 g/mol. The van der Waals surface area contributed by atoms with Gasteiger partial charge >= 0.3 is 0 Å². The summed E-state index contributed by atoms with van der Waals surface area (Å²) in [5.41, 5.74) is 0.510. The van der Waals surface area contributed by atoms with Gasteiger partial charge in [0.25, 0.3) is 0 Å². The molecule has 0 amide bonds. The molecular weight excluding hydrogens is 147 g/mol. The first-order chi connectivity index (χ1) is 5.24. The maximum atomic E-state index is 12.6. The van der Waals surface area contributed by atoms with E-state index in [2.05, 4.69) is 0 Å². The molecule has 11 heavy (non-hydrogen) atoms. The Morgan fingerprint density at radius 1 is 1.55 bits per heavy atom. The van der Waals surface area contributed by atoms with Gasteiger partial charge in [0.1, 0.15) is 11.6 Å². The molecule has 1 rings (SSSR count). The molecule has 0 aliphatic carbocycles. The first-order valence-corrected chi connectivity index (χ1v) is 3.24. The fourth-order valence-electron chi connectivity index (χ4n) is 0.782. The van der Waals surface area contributed by atoms with Crippen molar-refractivity contribution in [1.82, 2.24) is 0 Å². The maximum absolute atomic E-state index is 12.6. The Morgan fingerprint density at radius 3 is 2.82 bits per heavy atom. The molecule has 3 heteroatoms. The molecule has 0 saturated carbocycles. The van der Waals surface area contributed by atoms with E-state index in [0.29, 0.717) is 11.3 Å². The molecule has 1 N–H and O–H groups in total. The first kappa shape index (κ1) is 8.01. The smallest absolute Gasteiger partial charge is 0.186 e. The number of rotatable bonds is 2. The molecule has 0 saturated heterocycles. The zero-order valence-corrected chi connectivity index (χ0v) is 6.17. The minimum absolute atomic E-state index is 0.268. The van der Waals surface area contributed by atoms with Crippen molar-refractivity contribution in [3.63, 3.8) is 0 Å². The SMILES string of the molecule is Cc1cc(OCO)ccc1F. The lowest BCUT2D eigenvalue weighted by molar-refractivity contribution is 0.0984. The molecule has 0 radical (unpaired) electrons. The van der Waals surface area contributed by atoms with E-state index < -0.39 is 0 Å². The third-order valence-electron chi connectivity index (χ3n) is 1.36. The standard InChI is InChI=1S/C8H9FO2/c1-6-4-7(11-5-10)2-3-8(6)9/h2-4,10H,5H2,1H3. The molecule has 2 nitrogen and oxygen atoms in total. The highest BCUT2D eigenvalue weighted by molar-refractivity contribution is 5.28. The van der Waals surface area contributed by atoms with E-state index in [0.717, 1.165) is 0 Å². The van der Waals surface area contributed by atoms with Crippen LogP contribution in [-0.4, -0.2) is 11.9 Å². The predicted molar refractivity (Wildman–Crippen MR) is 38.9 cm³/mol. The molecule has 0 aliphatic heterocycles. The fourth-order valence-corrected chi connectivity index (χ4v) is 0.782. The molecule has 1 aromatic rings. The zero-order valence-electron chi connectivity index (χ0n) is 6.17. The number of aryl methyl sites for hydroxylation is 1. The molecule has 0 aliphatic rings. The van der Waals surface area contributed by atoms with Gasteiger partial charge in [0.2, 0.25) is 0 Å². The monoisotopic (exact) mass is 156 g/mol. The van der Waals surface area contributed by atoms with Gasteiger partial charge in [-0.2, -0.15) is 0 Å². The Morgan fingerprint density at radius 2 is 2.27 bits per heavy atom. The minimum Gasteiger partial charge on any atom is -0.468 e. The van der Waals surface area contributed by atoms with Crippen molar-refractivity contribution < 1.29 is 14.2 Å². The summed E-state index contributed by atoms with van der Waals surface area (Å²) < 4.78 is 17.4. The van der Waals surface area contributed by atoms with Crippen molar-refractivity contribution in [2.24, 2.45) is 0 Å². The predicted octanol–water partition coefficient (Wildman–Crippen LogP) is 1.46. The van der Waals surface area contributed by atoms with Gasteiger partial charge in [-0.25, -0.2) is 4.39 Å². The van der Waals surface area contributed by atoms with E-state index in [4.69, 9.17) is 9.84 Å². The Kier molecular flexibility index (Phi) is 2.44. The molecule has 0 atom stereocenters. The summed E-state index contributed by atoms with van der Waals surface area (Å²) in [6.45, 7) is 1.25. The van der Waals surface area contributed by atoms with Gasteiger partial charge in [-0.05, 0) is 30.7 Å². The van der Waals surface area contributed by atoms with Crippen molar-refractivity contribution in [1.29, 1.82) is 0 Å². The van der Waals surface area contributed by atoms with Crippen LogP contribution in [0.2, 0.25) is 0 Å². The van der Waals surface area contributed by atoms with E-state index in [1.165, 1.54) is 18.2 Å². The topological polar surface area (TPSA) is 29.5 Å². The van der Waals surface area contributed by atoms with Gasteiger partial charge in [-0.3, -0.25) is 0 Å². The second kappa shape index (κ2) is 3.34. The van der Waals surface area contributed by atoms with E-state index >= 15 is 0 Å². The molecule has 0 bridgehead atoms. The molecule has 0 unspecified atom stereocenters. The molecular formula is C8H9FO2. The second-order valence-corrected chi connectivity index (χ2v) is 2.18. The van der Waals surface area contributed by atoms with Gasteiger partial charge in [-0.15, -0.1) is 0 Å². The normalized spacial score (nSPS) is 9.73. The molecule has 0 fully saturated rings. The Bertz CT molecular complexity index is 248. The molecule has 1 aromatic carbocycles. The van der Waals surface area contributed by atoms with Crippen LogP contribution in [0.15, 0.2) is 18.2 Å². The quantitative estimate of drug-likeness (QED) is 0.657. The van der Waals surface area contributed by atoms with Crippen LogP contribution < -0.4 is 4.74 Å². The lowest BCUT2D eigenvalue weighted by Gasteiger charge is -2.02. The second-order valence-electron chi connectivity index (χ2n) is 2.18. The zero-order chi connectivity index (χ0) is 8.27. The highest BCUT2D eigenvalue weighted by atomic mass is 19.1. The Balaban J connectivity index is 2.86. The van der Waals surface area contributed by atoms with Crippen LogP contribution in [0.4, 0.5) is 4.39 Å². The summed E-state index contributed by atoms with van der Waals surface area (Å²) in [4.78, 5) is 0. The summed E-state index contributed by atoms with van der Waals surface area (Å²) >= 11 is 0. The van der Waals surface area contributed by atoms with Crippen molar-refractivity contribution in [2.75, 3.05) is 6.79 Å². The molecule has 0 heterocycles. The number of ether oxygens (including phenoxy) is 1. The van der Waals surface area contributed by atoms with Crippen molar-refractivity contribution in [3.8, 4) is 5.75 Å². The lowest BCUT2D eigenvalue weighted by Crippen LogP contribution is -1.95. The van der Waals surface area contributed by atoms with Crippen LogP contribution >= 0.6 is 0 Å². The number of benzene rings is 1. The maximum Gasteiger partial charge on any atom is 0.186 e. The summed E-state index contributed by atoms with van der Waals surface area (Å²) in [6, 6.07) is 4.31. The number of aliphatic hydroxyl groups is 1.